The summed E-state index contributed by atoms with van der Waals surface area (Å²) in [7, 11) is 0. The molecule has 0 saturated carbocycles. The molecule has 1 unspecified atom stereocenters. The Bertz CT molecular complexity index is 260. The summed E-state index contributed by atoms with van der Waals surface area (Å²) >= 11 is 2.32. The van der Waals surface area contributed by atoms with Gasteiger partial charge in [-0.3, -0.25) is 0 Å². The van der Waals surface area contributed by atoms with Gasteiger partial charge in [-0.05, 0) is 53.6 Å². The van der Waals surface area contributed by atoms with Gasteiger partial charge in [0, 0.05) is 3.57 Å². The molecule has 0 radical (unpaired) electrons. The van der Waals surface area contributed by atoms with Crippen LogP contribution in [-0.2, 0) is 11.3 Å². The van der Waals surface area contributed by atoms with E-state index in [1.165, 1.54) is 9.13 Å². The van der Waals surface area contributed by atoms with Crippen molar-refractivity contribution in [1.29, 1.82) is 0 Å². The third-order valence-electron chi connectivity index (χ3n) is 2.00. The van der Waals surface area contributed by atoms with Crippen molar-refractivity contribution in [3.8, 4) is 0 Å². The molecule has 0 heterocycles. The molecule has 1 rings (SSSR count). The molecule has 1 aromatic rings. The van der Waals surface area contributed by atoms with Gasteiger partial charge in [0.25, 0.3) is 0 Å². The standard InChI is InChI=1S/C11H15IO/c1-3-9(2)13-8-10-5-4-6-11(12)7-10/h4-7,9H,3,8H2,1-2H3. The van der Waals surface area contributed by atoms with Crippen LogP contribution >= 0.6 is 22.6 Å². The van der Waals surface area contributed by atoms with Crippen molar-refractivity contribution in [2.24, 2.45) is 0 Å². The monoisotopic (exact) mass is 290 g/mol. The maximum atomic E-state index is 5.63. The van der Waals surface area contributed by atoms with Gasteiger partial charge >= 0.3 is 0 Å². The Balaban J connectivity index is 2.45. The molecule has 0 aromatic heterocycles. The third-order valence-corrected chi connectivity index (χ3v) is 2.67. The van der Waals surface area contributed by atoms with Crippen molar-refractivity contribution in [1.82, 2.24) is 0 Å². The van der Waals surface area contributed by atoms with Crippen molar-refractivity contribution in [3.63, 3.8) is 0 Å². The summed E-state index contributed by atoms with van der Waals surface area (Å²) in [6.45, 7) is 4.97. The average Bonchev–Trinajstić information content (AvgIpc) is 2.14. The van der Waals surface area contributed by atoms with Crippen LogP contribution in [0.4, 0.5) is 0 Å². The van der Waals surface area contributed by atoms with E-state index >= 15 is 0 Å². The molecule has 0 aliphatic rings. The molecule has 0 amide bonds. The Morgan fingerprint density at radius 2 is 2.23 bits per heavy atom. The minimum absolute atomic E-state index is 0.359. The largest absolute Gasteiger partial charge is 0.374 e. The Kier molecular flexibility index (Phi) is 4.73. The van der Waals surface area contributed by atoms with Crippen LogP contribution in [0.1, 0.15) is 25.8 Å². The van der Waals surface area contributed by atoms with E-state index in [2.05, 4.69) is 60.7 Å². The topological polar surface area (TPSA) is 9.23 Å². The van der Waals surface area contributed by atoms with Gasteiger partial charge in [-0.25, -0.2) is 0 Å². The van der Waals surface area contributed by atoms with Crippen LogP contribution in [0, 0.1) is 3.57 Å². The second kappa shape index (κ2) is 5.60. The van der Waals surface area contributed by atoms with Crippen molar-refractivity contribution >= 4 is 22.6 Å². The highest BCUT2D eigenvalue weighted by atomic mass is 127. The van der Waals surface area contributed by atoms with E-state index < -0.39 is 0 Å². The van der Waals surface area contributed by atoms with E-state index in [0.29, 0.717) is 6.10 Å². The Labute approximate surface area is 93.6 Å². The van der Waals surface area contributed by atoms with Crippen LogP contribution in [-0.4, -0.2) is 6.10 Å². The van der Waals surface area contributed by atoms with Crippen molar-refractivity contribution in [2.75, 3.05) is 0 Å². The number of hydrogen-bond donors (Lipinski definition) is 0. The van der Waals surface area contributed by atoms with Gasteiger partial charge in [0.15, 0.2) is 0 Å². The molecular formula is C11H15IO. The summed E-state index contributed by atoms with van der Waals surface area (Å²) in [5.41, 5.74) is 1.26. The first-order valence-corrected chi connectivity index (χ1v) is 5.66. The van der Waals surface area contributed by atoms with E-state index in [1.54, 1.807) is 0 Å². The van der Waals surface area contributed by atoms with E-state index in [-0.39, 0.29) is 0 Å². The van der Waals surface area contributed by atoms with Gasteiger partial charge in [-0.15, -0.1) is 0 Å². The third kappa shape index (κ3) is 4.09. The van der Waals surface area contributed by atoms with Crippen LogP contribution in [0.2, 0.25) is 0 Å². The molecule has 0 saturated heterocycles. The first kappa shape index (κ1) is 11.0. The van der Waals surface area contributed by atoms with E-state index in [4.69, 9.17) is 4.74 Å². The average molecular weight is 290 g/mol. The highest BCUT2D eigenvalue weighted by Gasteiger charge is 1.99. The van der Waals surface area contributed by atoms with Gasteiger partial charge in [-0.1, -0.05) is 19.1 Å². The van der Waals surface area contributed by atoms with Crippen molar-refractivity contribution in [2.45, 2.75) is 33.0 Å². The molecule has 0 fully saturated rings. The highest BCUT2D eigenvalue weighted by Crippen LogP contribution is 2.10. The van der Waals surface area contributed by atoms with Gasteiger partial charge in [0.2, 0.25) is 0 Å². The Hall–Kier alpha value is -0.0900. The molecule has 13 heavy (non-hydrogen) atoms. The lowest BCUT2D eigenvalue weighted by Crippen LogP contribution is -2.05. The summed E-state index contributed by atoms with van der Waals surface area (Å²) < 4.78 is 6.90. The number of rotatable bonds is 4. The zero-order valence-corrected chi connectivity index (χ0v) is 10.2. The van der Waals surface area contributed by atoms with Crippen LogP contribution in [0.3, 0.4) is 0 Å². The van der Waals surface area contributed by atoms with E-state index in [9.17, 15) is 0 Å². The highest BCUT2D eigenvalue weighted by molar-refractivity contribution is 14.1. The summed E-state index contributed by atoms with van der Waals surface area (Å²) in [5, 5.41) is 0. The fourth-order valence-corrected chi connectivity index (χ4v) is 1.59. The fourth-order valence-electron chi connectivity index (χ4n) is 0.983. The summed E-state index contributed by atoms with van der Waals surface area (Å²) in [5.74, 6) is 0. The molecule has 72 valence electrons. The van der Waals surface area contributed by atoms with Crippen LogP contribution in [0.15, 0.2) is 24.3 Å². The fraction of sp³-hybridized carbons (Fsp3) is 0.455. The predicted octanol–water partition coefficient (Wildman–Crippen LogP) is 3.61. The first-order valence-electron chi connectivity index (χ1n) is 4.58. The Morgan fingerprint density at radius 3 is 2.85 bits per heavy atom. The molecule has 1 aromatic carbocycles. The number of benzene rings is 1. The zero-order chi connectivity index (χ0) is 9.68. The molecule has 0 N–H and O–H groups in total. The molecule has 0 aliphatic carbocycles. The lowest BCUT2D eigenvalue weighted by Gasteiger charge is -2.10. The SMILES string of the molecule is CCC(C)OCc1cccc(I)c1. The lowest BCUT2D eigenvalue weighted by molar-refractivity contribution is 0.0508. The summed E-state index contributed by atoms with van der Waals surface area (Å²) in [6.07, 6.45) is 1.43. The molecule has 1 atom stereocenters. The van der Waals surface area contributed by atoms with Crippen molar-refractivity contribution in [3.05, 3.63) is 33.4 Å². The van der Waals surface area contributed by atoms with Crippen molar-refractivity contribution < 1.29 is 4.74 Å². The summed E-state index contributed by atoms with van der Waals surface area (Å²) in [4.78, 5) is 0. The maximum Gasteiger partial charge on any atom is 0.0720 e. The maximum absolute atomic E-state index is 5.63. The smallest absolute Gasteiger partial charge is 0.0720 e. The number of halogens is 1. The molecule has 0 spiro atoms. The van der Waals surface area contributed by atoms with Gasteiger partial charge in [0.1, 0.15) is 0 Å². The molecule has 1 nitrogen and oxygen atoms in total. The van der Waals surface area contributed by atoms with Gasteiger partial charge in [-0.2, -0.15) is 0 Å². The first-order chi connectivity index (χ1) is 6.22. The second-order valence-corrected chi connectivity index (χ2v) is 4.41. The lowest BCUT2D eigenvalue weighted by atomic mass is 10.2. The predicted molar refractivity (Wildman–Crippen MR) is 63.7 cm³/mol. The van der Waals surface area contributed by atoms with Gasteiger partial charge in [0.05, 0.1) is 12.7 Å². The minimum Gasteiger partial charge on any atom is -0.374 e. The van der Waals surface area contributed by atoms with Gasteiger partial charge < -0.3 is 4.74 Å². The zero-order valence-electron chi connectivity index (χ0n) is 8.09. The summed E-state index contributed by atoms with van der Waals surface area (Å²) in [6, 6.07) is 8.41. The normalized spacial score (nSPS) is 12.8. The number of ether oxygens (including phenoxy) is 1. The van der Waals surface area contributed by atoms with E-state index in [0.717, 1.165) is 13.0 Å². The quantitative estimate of drug-likeness (QED) is 0.770. The number of hydrogen-bond acceptors (Lipinski definition) is 1. The van der Waals surface area contributed by atoms with E-state index in [1.807, 2.05) is 0 Å². The minimum atomic E-state index is 0.359. The van der Waals surface area contributed by atoms with Crippen LogP contribution in [0.5, 0.6) is 0 Å². The molecule has 2 heteroatoms. The molecule has 0 aliphatic heterocycles. The van der Waals surface area contributed by atoms with Crippen LogP contribution < -0.4 is 0 Å². The molecular weight excluding hydrogens is 275 g/mol. The van der Waals surface area contributed by atoms with Crippen LogP contribution in [0.25, 0.3) is 0 Å². The second-order valence-electron chi connectivity index (χ2n) is 3.16. The Morgan fingerprint density at radius 1 is 1.46 bits per heavy atom. The molecule has 0 bridgehead atoms.